The molecule has 2 unspecified atom stereocenters. The Bertz CT molecular complexity index is 957. The van der Waals surface area contributed by atoms with Crippen molar-refractivity contribution < 1.29 is 8.91 Å². The monoisotopic (exact) mass is 441 g/mol. The van der Waals surface area contributed by atoms with Crippen molar-refractivity contribution in [1.82, 2.24) is 0 Å². The van der Waals surface area contributed by atoms with Crippen LogP contribution in [0.3, 0.4) is 0 Å². The Morgan fingerprint density at radius 1 is 1.13 bits per heavy atom. The fraction of sp³-hybridized carbons (Fsp3) is 0.640. The molecule has 3 nitrogen and oxygen atoms in total. The first-order valence-electron chi connectivity index (χ1n) is 11.6. The van der Waals surface area contributed by atoms with Gasteiger partial charge in [0, 0.05) is 5.04 Å². The third-order valence-corrected chi connectivity index (χ3v) is 19.0. The first kappa shape index (κ1) is 22.0. The van der Waals surface area contributed by atoms with Crippen LogP contribution < -0.4 is 5.73 Å². The van der Waals surface area contributed by atoms with E-state index in [4.69, 9.17) is 9.85 Å². The van der Waals surface area contributed by atoms with Gasteiger partial charge in [0.05, 0.1) is 5.04 Å². The summed E-state index contributed by atoms with van der Waals surface area (Å²) >= 11 is 0. The summed E-state index contributed by atoms with van der Waals surface area (Å²) in [5.74, 6) is -0.105. The molecule has 5 heteroatoms. The molecule has 30 heavy (non-hydrogen) atoms. The van der Waals surface area contributed by atoms with Crippen molar-refractivity contribution in [1.29, 1.82) is 0 Å². The molecule has 4 rings (SSSR count). The van der Waals surface area contributed by atoms with Crippen molar-refractivity contribution in [3.63, 3.8) is 0 Å². The Morgan fingerprint density at radius 2 is 1.80 bits per heavy atom. The normalized spacial score (nSPS) is 31.4. The summed E-state index contributed by atoms with van der Waals surface area (Å²) in [5.41, 5.74) is 13.5. The maximum Gasteiger partial charge on any atom is 0.223 e. The van der Waals surface area contributed by atoms with Crippen LogP contribution >= 0.6 is 0 Å². The number of hydrogen-bond acceptors (Lipinski definition) is 2. The van der Waals surface area contributed by atoms with Crippen LogP contribution in [0.4, 0.5) is 0 Å². The van der Waals surface area contributed by atoms with Crippen LogP contribution in [0.25, 0.3) is 6.08 Å². The lowest BCUT2D eigenvalue weighted by Gasteiger charge is -2.47. The lowest BCUT2D eigenvalue weighted by molar-refractivity contribution is -0.121. The number of allylic oxidation sites excluding steroid dienone is 1. The number of carbonyl (C=O) groups is 1. The molecule has 1 amide bonds. The van der Waals surface area contributed by atoms with Crippen LogP contribution in [0.15, 0.2) is 17.7 Å². The van der Waals surface area contributed by atoms with Gasteiger partial charge in [-0.05, 0) is 79.5 Å². The van der Waals surface area contributed by atoms with Gasteiger partial charge in [-0.15, -0.1) is 0 Å². The molecule has 1 aromatic rings. The number of rotatable bonds is 3. The first-order chi connectivity index (χ1) is 13.7. The predicted molar refractivity (Wildman–Crippen MR) is 131 cm³/mol. The van der Waals surface area contributed by atoms with E-state index in [-0.39, 0.29) is 16.4 Å². The third kappa shape index (κ3) is 2.55. The van der Waals surface area contributed by atoms with Gasteiger partial charge in [-0.1, -0.05) is 57.9 Å². The SMILES string of the molecule is CCC1=Cc2cc(C(C)(C)C)cc(C34CCCC3(C(N)=O)[Si](C)(C)O[Si]4(C)C)c2C1. The smallest absolute Gasteiger partial charge is 0.223 e. The Hall–Kier alpha value is -1.18. The van der Waals surface area contributed by atoms with Crippen molar-refractivity contribution in [3.8, 4) is 0 Å². The average molecular weight is 442 g/mol. The van der Waals surface area contributed by atoms with E-state index in [0.717, 1.165) is 32.1 Å². The minimum absolute atomic E-state index is 0.0509. The minimum Gasteiger partial charge on any atom is -0.454 e. The molecule has 1 heterocycles. The van der Waals surface area contributed by atoms with Gasteiger partial charge in [-0.2, -0.15) is 0 Å². The quantitative estimate of drug-likeness (QED) is 0.588. The standard InChI is InChI=1S/C25H39NO2Si2/c1-9-17-13-18-15-19(23(2,3)4)16-21(20(18)14-17)24-11-10-12-25(24,22(26)27)30(7,8)28-29(24,5)6/h13,15-16H,9-12,14H2,1-8H3,(H2,26,27). The highest BCUT2D eigenvalue weighted by molar-refractivity contribution is 6.96. The van der Waals surface area contributed by atoms with Gasteiger partial charge >= 0.3 is 0 Å². The third-order valence-electron chi connectivity index (χ3n) is 8.65. The van der Waals surface area contributed by atoms with Gasteiger partial charge in [-0.25, -0.2) is 0 Å². The van der Waals surface area contributed by atoms with Crippen LogP contribution in [0, 0.1) is 0 Å². The second kappa shape index (κ2) is 6.42. The van der Waals surface area contributed by atoms with E-state index in [9.17, 15) is 4.79 Å². The van der Waals surface area contributed by atoms with E-state index >= 15 is 0 Å². The van der Waals surface area contributed by atoms with E-state index in [1.807, 2.05) is 0 Å². The van der Waals surface area contributed by atoms with Gasteiger partial charge in [0.1, 0.15) is 0 Å². The van der Waals surface area contributed by atoms with E-state index < -0.39 is 21.7 Å². The maximum atomic E-state index is 13.4. The lowest BCUT2D eigenvalue weighted by Crippen LogP contribution is -2.57. The van der Waals surface area contributed by atoms with Crippen molar-refractivity contribution >= 4 is 28.6 Å². The number of amides is 1. The molecule has 1 aromatic carbocycles. The molecule has 0 aromatic heterocycles. The Labute approximate surface area is 184 Å². The highest BCUT2D eigenvalue weighted by Gasteiger charge is 2.79. The van der Waals surface area contributed by atoms with Gasteiger partial charge < -0.3 is 9.85 Å². The topological polar surface area (TPSA) is 52.3 Å². The fourth-order valence-electron chi connectivity index (χ4n) is 7.37. The van der Waals surface area contributed by atoms with Crippen LogP contribution in [0.5, 0.6) is 0 Å². The number of carbonyl (C=O) groups excluding carboxylic acids is 1. The maximum absolute atomic E-state index is 13.4. The molecule has 0 bridgehead atoms. The zero-order valence-corrected chi connectivity index (χ0v) is 22.2. The summed E-state index contributed by atoms with van der Waals surface area (Å²) in [6.07, 6.45) is 7.48. The minimum atomic E-state index is -2.33. The Morgan fingerprint density at radius 3 is 2.37 bits per heavy atom. The highest BCUT2D eigenvalue weighted by atomic mass is 28.4. The van der Waals surface area contributed by atoms with Gasteiger partial charge in [0.2, 0.25) is 5.91 Å². The molecule has 3 aliphatic rings. The van der Waals surface area contributed by atoms with Crippen LogP contribution in [-0.4, -0.2) is 22.5 Å². The van der Waals surface area contributed by atoms with Crippen molar-refractivity contribution in [2.45, 2.75) is 101 Å². The number of benzene rings is 1. The summed E-state index contributed by atoms with van der Waals surface area (Å²) in [5, 5.41) is -0.723. The van der Waals surface area contributed by atoms with Crippen LogP contribution in [0.2, 0.25) is 31.2 Å². The van der Waals surface area contributed by atoms with E-state index in [2.05, 4.69) is 72.1 Å². The summed E-state index contributed by atoms with van der Waals surface area (Å²) in [6.45, 7) is 18.3. The Balaban J connectivity index is 2.09. The number of nitrogens with two attached hydrogens (primary N) is 1. The second-order valence-electron chi connectivity index (χ2n) is 11.8. The summed E-state index contributed by atoms with van der Waals surface area (Å²) in [4.78, 5) is 13.4. The molecule has 1 aliphatic heterocycles. The van der Waals surface area contributed by atoms with Crippen LogP contribution in [0.1, 0.15) is 75.6 Å². The fourth-order valence-corrected chi connectivity index (χ4v) is 21.3. The summed E-state index contributed by atoms with van der Waals surface area (Å²) < 4.78 is 7.02. The number of fused-ring (bicyclic) bond motifs is 2. The molecule has 0 radical (unpaired) electrons. The predicted octanol–water partition coefficient (Wildman–Crippen LogP) is 5.96. The Kier molecular flexibility index (Phi) is 4.72. The number of primary amides is 1. The molecule has 2 atom stereocenters. The zero-order valence-electron chi connectivity index (χ0n) is 20.2. The van der Waals surface area contributed by atoms with E-state index in [1.54, 1.807) is 0 Å². The molecule has 164 valence electrons. The second-order valence-corrected chi connectivity index (χ2v) is 20.4. The molecular weight excluding hydrogens is 402 g/mol. The van der Waals surface area contributed by atoms with E-state index in [1.165, 1.54) is 27.8 Å². The summed E-state index contributed by atoms with van der Waals surface area (Å²) in [6, 6.07) is 4.86. The number of hydrogen-bond donors (Lipinski definition) is 1. The molecule has 1 saturated heterocycles. The van der Waals surface area contributed by atoms with Crippen molar-refractivity contribution in [3.05, 3.63) is 40.0 Å². The van der Waals surface area contributed by atoms with Gasteiger partial charge in [0.25, 0.3) is 0 Å². The molecule has 2 fully saturated rings. The first-order valence-corrected chi connectivity index (χ1v) is 17.4. The molecule has 1 saturated carbocycles. The lowest BCUT2D eigenvalue weighted by atomic mass is 9.77. The van der Waals surface area contributed by atoms with Gasteiger partial charge in [-0.3, -0.25) is 4.79 Å². The van der Waals surface area contributed by atoms with Gasteiger partial charge in [0.15, 0.2) is 16.6 Å². The average Bonchev–Trinajstić information content (AvgIpc) is 3.24. The van der Waals surface area contributed by atoms with Crippen molar-refractivity contribution in [2.75, 3.05) is 0 Å². The molecule has 2 N–H and O–H groups in total. The van der Waals surface area contributed by atoms with Crippen LogP contribution in [-0.2, 0) is 25.8 Å². The summed E-state index contributed by atoms with van der Waals surface area (Å²) in [7, 11) is -4.58. The highest BCUT2D eigenvalue weighted by Crippen LogP contribution is 2.73. The molecule has 2 aliphatic carbocycles. The van der Waals surface area contributed by atoms with Crippen molar-refractivity contribution in [2.24, 2.45) is 5.73 Å². The molecule has 0 spiro atoms. The van der Waals surface area contributed by atoms with E-state index in [0.29, 0.717) is 0 Å². The zero-order chi connectivity index (χ0) is 22.3. The molecular formula is C25H39NO2Si2. The largest absolute Gasteiger partial charge is 0.454 e.